The molecular formula is C18H17Cl2NO5. The van der Waals surface area contributed by atoms with E-state index in [1.54, 1.807) is 20.8 Å². The molecule has 0 aliphatic carbocycles. The summed E-state index contributed by atoms with van der Waals surface area (Å²) >= 11 is 11.8. The molecule has 1 aromatic heterocycles. The van der Waals surface area contributed by atoms with Gasteiger partial charge in [-0.15, -0.1) is 0 Å². The highest BCUT2D eigenvalue weighted by Crippen LogP contribution is 2.22. The standard InChI is InChI=1S/C18H17Cl2NO5/c1-4-25-18(24)15-9(2)16(21-10(15)3)14(22)8-26-17(23)12-7-11(19)5-6-13(12)20/h5-7,21H,4,8H2,1-3H3. The van der Waals surface area contributed by atoms with E-state index in [1.165, 1.54) is 18.2 Å². The first kappa shape index (κ1) is 20.0. The van der Waals surface area contributed by atoms with Crippen LogP contribution in [0.5, 0.6) is 0 Å². The highest BCUT2D eigenvalue weighted by molar-refractivity contribution is 6.35. The molecule has 1 aromatic carbocycles. The predicted molar refractivity (Wildman–Crippen MR) is 97.3 cm³/mol. The van der Waals surface area contributed by atoms with E-state index >= 15 is 0 Å². The maximum Gasteiger partial charge on any atom is 0.340 e. The number of hydrogen-bond acceptors (Lipinski definition) is 5. The Morgan fingerprint density at radius 2 is 1.77 bits per heavy atom. The van der Waals surface area contributed by atoms with Crippen LogP contribution in [0.2, 0.25) is 10.0 Å². The smallest absolute Gasteiger partial charge is 0.340 e. The van der Waals surface area contributed by atoms with Crippen molar-refractivity contribution in [3.8, 4) is 0 Å². The summed E-state index contributed by atoms with van der Waals surface area (Å²) in [4.78, 5) is 39.3. The Morgan fingerprint density at radius 1 is 1.08 bits per heavy atom. The number of nitrogens with one attached hydrogen (secondary N) is 1. The SMILES string of the molecule is CCOC(=O)c1c(C)[nH]c(C(=O)COC(=O)c2cc(Cl)ccc2Cl)c1C. The molecule has 2 aromatic rings. The number of ether oxygens (including phenoxy) is 2. The van der Waals surface area contributed by atoms with Gasteiger partial charge in [-0.1, -0.05) is 23.2 Å². The van der Waals surface area contributed by atoms with Crippen molar-refractivity contribution in [3.63, 3.8) is 0 Å². The van der Waals surface area contributed by atoms with Gasteiger partial charge >= 0.3 is 11.9 Å². The highest BCUT2D eigenvalue weighted by Gasteiger charge is 2.24. The molecule has 2 rings (SSSR count). The van der Waals surface area contributed by atoms with Crippen LogP contribution in [0.1, 0.15) is 49.4 Å². The van der Waals surface area contributed by atoms with Crippen LogP contribution in [0.3, 0.4) is 0 Å². The van der Waals surface area contributed by atoms with Crippen molar-refractivity contribution in [2.45, 2.75) is 20.8 Å². The minimum absolute atomic E-state index is 0.0681. The van der Waals surface area contributed by atoms with Gasteiger partial charge in [0, 0.05) is 10.7 Å². The van der Waals surface area contributed by atoms with Crippen molar-refractivity contribution in [3.05, 3.63) is 56.3 Å². The summed E-state index contributed by atoms with van der Waals surface area (Å²) < 4.78 is 10.0. The van der Waals surface area contributed by atoms with Crippen molar-refractivity contribution in [2.24, 2.45) is 0 Å². The number of H-pyrrole nitrogens is 1. The quantitative estimate of drug-likeness (QED) is 0.584. The second-order valence-corrected chi connectivity index (χ2v) is 6.31. The molecule has 0 atom stereocenters. The van der Waals surface area contributed by atoms with E-state index in [0.29, 0.717) is 21.8 Å². The monoisotopic (exact) mass is 397 g/mol. The van der Waals surface area contributed by atoms with Crippen LogP contribution in [0.25, 0.3) is 0 Å². The number of Topliss-reactive ketones (excluding diaryl/α,β-unsaturated/α-hetero) is 1. The molecule has 1 N–H and O–H groups in total. The Balaban J connectivity index is 2.13. The van der Waals surface area contributed by atoms with E-state index in [4.69, 9.17) is 32.7 Å². The molecule has 0 aliphatic heterocycles. The number of aromatic amines is 1. The maximum atomic E-state index is 12.4. The van der Waals surface area contributed by atoms with Gasteiger partial charge in [-0.3, -0.25) is 4.79 Å². The van der Waals surface area contributed by atoms with Crippen LogP contribution >= 0.6 is 23.2 Å². The van der Waals surface area contributed by atoms with Crippen molar-refractivity contribution in [1.29, 1.82) is 0 Å². The zero-order chi connectivity index (χ0) is 19.4. The average molecular weight is 398 g/mol. The molecule has 0 bridgehead atoms. The maximum absolute atomic E-state index is 12.4. The molecule has 0 spiro atoms. The first-order valence-electron chi connectivity index (χ1n) is 7.77. The molecule has 26 heavy (non-hydrogen) atoms. The third-order valence-corrected chi connectivity index (χ3v) is 4.24. The zero-order valence-electron chi connectivity index (χ0n) is 14.4. The summed E-state index contributed by atoms with van der Waals surface area (Å²) in [5.41, 5.74) is 1.52. The summed E-state index contributed by atoms with van der Waals surface area (Å²) in [7, 11) is 0. The molecule has 0 unspecified atom stereocenters. The van der Waals surface area contributed by atoms with Crippen LogP contribution in [-0.4, -0.2) is 35.9 Å². The van der Waals surface area contributed by atoms with Crippen molar-refractivity contribution in [1.82, 2.24) is 4.98 Å². The fraction of sp³-hybridized carbons (Fsp3) is 0.278. The van der Waals surface area contributed by atoms with Gasteiger partial charge in [-0.05, 0) is 44.5 Å². The number of benzene rings is 1. The summed E-state index contributed by atoms with van der Waals surface area (Å²) in [6.45, 7) is 4.70. The number of esters is 2. The van der Waals surface area contributed by atoms with Crippen molar-refractivity contribution in [2.75, 3.05) is 13.2 Å². The van der Waals surface area contributed by atoms with Gasteiger partial charge in [0.25, 0.3) is 0 Å². The molecule has 6 nitrogen and oxygen atoms in total. The number of rotatable bonds is 6. The molecule has 0 radical (unpaired) electrons. The topological polar surface area (TPSA) is 85.5 Å². The van der Waals surface area contributed by atoms with Gasteiger partial charge in [0.15, 0.2) is 6.61 Å². The van der Waals surface area contributed by atoms with E-state index in [1.807, 2.05) is 0 Å². The highest BCUT2D eigenvalue weighted by atomic mass is 35.5. The number of carbonyl (C=O) groups is 3. The predicted octanol–water partition coefficient (Wildman–Crippen LogP) is 4.15. The number of ketones is 1. The largest absolute Gasteiger partial charge is 0.462 e. The minimum Gasteiger partial charge on any atom is -0.462 e. The molecule has 138 valence electrons. The molecule has 0 saturated carbocycles. The third-order valence-electron chi connectivity index (χ3n) is 3.68. The van der Waals surface area contributed by atoms with Gasteiger partial charge in [-0.25, -0.2) is 9.59 Å². The Hall–Kier alpha value is -2.31. The first-order valence-corrected chi connectivity index (χ1v) is 8.53. The van der Waals surface area contributed by atoms with Crippen molar-refractivity contribution < 1.29 is 23.9 Å². The molecule has 1 heterocycles. The summed E-state index contributed by atoms with van der Waals surface area (Å²) in [5.74, 6) is -1.76. The van der Waals surface area contributed by atoms with E-state index < -0.39 is 24.3 Å². The first-order chi connectivity index (χ1) is 12.3. The Kier molecular flexibility index (Phi) is 6.45. The van der Waals surface area contributed by atoms with Gasteiger partial charge in [-0.2, -0.15) is 0 Å². The minimum atomic E-state index is -0.766. The molecule has 0 fully saturated rings. The summed E-state index contributed by atoms with van der Waals surface area (Å²) in [6, 6.07) is 4.36. The normalized spacial score (nSPS) is 10.5. The zero-order valence-corrected chi connectivity index (χ0v) is 16.0. The van der Waals surface area contributed by atoms with Gasteiger partial charge in [0.1, 0.15) is 0 Å². The third kappa shape index (κ3) is 4.26. The number of hydrogen-bond donors (Lipinski definition) is 1. The lowest BCUT2D eigenvalue weighted by Crippen LogP contribution is -2.16. The number of aryl methyl sites for hydroxylation is 1. The van der Waals surface area contributed by atoms with Crippen LogP contribution in [0, 0.1) is 13.8 Å². The average Bonchev–Trinajstić information content (AvgIpc) is 2.89. The second-order valence-electron chi connectivity index (χ2n) is 5.47. The number of carbonyl (C=O) groups excluding carboxylic acids is 3. The number of aromatic nitrogens is 1. The molecule has 0 amide bonds. The van der Waals surface area contributed by atoms with Crippen LogP contribution in [0.15, 0.2) is 18.2 Å². The fourth-order valence-corrected chi connectivity index (χ4v) is 2.84. The lowest BCUT2D eigenvalue weighted by atomic mass is 10.1. The van der Waals surface area contributed by atoms with Crippen LogP contribution in [0.4, 0.5) is 0 Å². The fourth-order valence-electron chi connectivity index (χ4n) is 2.47. The van der Waals surface area contributed by atoms with E-state index in [2.05, 4.69) is 4.98 Å². The Bertz CT molecular complexity index is 873. The second kappa shape index (κ2) is 8.38. The van der Waals surface area contributed by atoms with E-state index in [9.17, 15) is 14.4 Å². The van der Waals surface area contributed by atoms with Crippen LogP contribution < -0.4 is 0 Å². The molecule has 0 aliphatic rings. The molecule has 8 heteroatoms. The van der Waals surface area contributed by atoms with Crippen molar-refractivity contribution >= 4 is 40.9 Å². The van der Waals surface area contributed by atoms with Crippen LogP contribution in [-0.2, 0) is 9.47 Å². The lowest BCUT2D eigenvalue weighted by molar-refractivity contribution is 0.0472. The molecule has 0 saturated heterocycles. The van der Waals surface area contributed by atoms with Gasteiger partial charge in [0.2, 0.25) is 5.78 Å². The number of halogens is 2. The Morgan fingerprint density at radius 3 is 2.42 bits per heavy atom. The van der Waals surface area contributed by atoms with E-state index in [0.717, 1.165) is 0 Å². The van der Waals surface area contributed by atoms with Gasteiger partial charge < -0.3 is 14.5 Å². The van der Waals surface area contributed by atoms with Gasteiger partial charge in [0.05, 0.1) is 28.5 Å². The molecular weight excluding hydrogens is 381 g/mol. The lowest BCUT2D eigenvalue weighted by Gasteiger charge is -2.06. The summed E-state index contributed by atoms with van der Waals surface area (Å²) in [6.07, 6.45) is 0. The Labute approximate surface area is 160 Å². The van der Waals surface area contributed by atoms with E-state index in [-0.39, 0.29) is 22.9 Å². The summed E-state index contributed by atoms with van der Waals surface area (Å²) in [5, 5.41) is 0.492.